The van der Waals surface area contributed by atoms with Crippen LogP contribution in [0, 0.1) is 0 Å². The molecule has 2 N–H and O–H groups in total. The summed E-state index contributed by atoms with van der Waals surface area (Å²) in [4.78, 5) is 15.8. The maximum Gasteiger partial charge on any atom is 0.141 e. The highest BCUT2D eigenvalue weighted by atomic mass is 35.5. The Balaban J connectivity index is 2.01. The standard InChI is InChI=1S/C14H13ClN2O/c15-12-3-1-2-10(6-12)7-13(18)8-11-4-5-17-14(16)9-11/h1-6,9H,7-8H2,(H2,16,17). The molecule has 0 unspecified atom stereocenters. The number of carbonyl (C=O) groups excluding carboxylic acids is 1. The molecule has 1 aromatic carbocycles. The normalized spacial score (nSPS) is 10.3. The number of carbonyl (C=O) groups is 1. The molecular weight excluding hydrogens is 248 g/mol. The predicted molar refractivity (Wildman–Crippen MR) is 72.5 cm³/mol. The first-order valence-electron chi connectivity index (χ1n) is 5.60. The van der Waals surface area contributed by atoms with Crippen LogP contribution in [0.4, 0.5) is 5.82 Å². The zero-order chi connectivity index (χ0) is 13.0. The Morgan fingerprint density at radius 2 is 1.89 bits per heavy atom. The quantitative estimate of drug-likeness (QED) is 0.920. The molecule has 1 heterocycles. The van der Waals surface area contributed by atoms with Crippen molar-refractivity contribution in [3.05, 3.63) is 58.7 Å². The van der Waals surface area contributed by atoms with Crippen LogP contribution < -0.4 is 5.73 Å². The molecule has 0 aliphatic heterocycles. The molecule has 1 aromatic heterocycles. The van der Waals surface area contributed by atoms with E-state index in [-0.39, 0.29) is 5.78 Å². The number of nitrogen functional groups attached to an aromatic ring is 1. The molecule has 0 amide bonds. The van der Waals surface area contributed by atoms with E-state index in [2.05, 4.69) is 4.98 Å². The second kappa shape index (κ2) is 5.65. The number of halogens is 1. The summed E-state index contributed by atoms with van der Waals surface area (Å²) in [6.45, 7) is 0. The third-order valence-corrected chi connectivity index (χ3v) is 2.77. The summed E-state index contributed by atoms with van der Waals surface area (Å²) >= 11 is 5.87. The summed E-state index contributed by atoms with van der Waals surface area (Å²) in [5.74, 6) is 0.561. The van der Waals surface area contributed by atoms with Gasteiger partial charge in [-0.3, -0.25) is 4.79 Å². The lowest BCUT2D eigenvalue weighted by Gasteiger charge is -2.03. The van der Waals surface area contributed by atoms with Crippen LogP contribution in [0.15, 0.2) is 42.6 Å². The smallest absolute Gasteiger partial charge is 0.141 e. The summed E-state index contributed by atoms with van der Waals surface area (Å²) < 4.78 is 0. The molecular formula is C14H13ClN2O. The van der Waals surface area contributed by atoms with Crippen LogP contribution in [0.3, 0.4) is 0 Å². The maximum absolute atomic E-state index is 11.9. The van der Waals surface area contributed by atoms with Crippen molar-refractivity contribution in [3.63, 3.8) is 0 Å². The first-order valence-corrected chi connectivity index (χ1v) is 5.98. The van der Waals surface area contributed by atoms with Crippen molar-refractivity contribution in [1.29, 1.82) is 0 Å². The third-order valence-electron chi connectivity index (χ3n) is 2.54. The lowest BCUT2D eigenvalue weighted by Crippen LogP contribution is -2.07. The highest BCUT2D eigenvalue weighted by molar-refractivity contribution is 6.30. The van der Waals surface area contributed by atoms with Crippen LogP contribution >= 0.6 is 11.6 Å². The van der Waals surface area contributed by atoms with E-state index in [4.69, 9.17) is 17.3 Å². The average Bonchev–Trinajstić information content (AvgIpc) is 2.28. The Morgan fingerprint density at radius 3 is 2.56 bits per heavy atom. The van der Waals surface area contributed by atoms with Crippen LogP contribution in [0.1, 0.15) is 11.1 Å². The lowest BCUT2D eigenvalue weighted by atomic mass is 10.0. The lowest BCUT2D eigenvalue weighted by molar-refractivity contribution is -0.117. The average molecular weight is 261 g/mol. The monoisotopic (exact) mass is 260 g/mol. The van der Waals surface area contributed by atoms with Crippen molar-refractivity contribution < 1.29 is 4.79 Å². The molecule has 2 aromatic rings. The van der Waals surface area contributed by atoms with E-state index >= 15 is 0 Å². The first kappa shape index (κ1) is 12.6. The number of rotatable bonds is 4. The largest absolute Gasteiger partial charge is 0.384 e. The molecule has 92 valence electrons. The maximum atomic E-state index is 11.9. The van der Waals surface area contributed by atoms with Crippen molar-refractivity contribution in [2.45, 2.75) is 12.8 Å². The van der Waals surface area contributed by atoms with Gasteiger partial charge in [-0.2, -0.15) is 0 Å². The van der Waals surface area contributed by atoms with E-state index in [0.717, 1.165) is 11.1 Å². The van der Waals surface area contributed by atoms with Gasteiger partial charge < -0.3 is 5.73 Å². The summed E-state index contributed by atoms with van der Waals surface area (Å²) in [5, 5.41) is 0.647. The molecule has 2 rings (SSSR count). The number of hydrogen-bond acceptors (Lipinski definition) is 3. The molecule has 4 heteroatoms. The predicted octanol–water partition coefficient (Wildman–Crippen LogP) is 2.67. The number of Topliss-reactive ketones (excluding diaryl/α,β-unsaturated/α-hetero) is 1. The van der Waals surface area contributed by atoms with Crippen LogP contribution in [-0.4, -0.2) is 10.8 Å². The van der Waals surface area contributed by atoms with Gasteiger partial charge in [-0.1, -0.05) is 23.7 Å². The van der Waals surface area contributed by atoms with Gasteiger partial charge in [-0.05, 0) is 35.4 Å². The van der Waals surface area contributed by atoms with E-state index < -0.39 is 0 Å². The molecule has 0 bridgehead atoms. The van der Waals surface area contributed by atoms with Crippen LogP contribution in [-0.2, 0) is 17.6 Å². The molecule has 0 spiro atoms. The summed E-state index contributed by atoms with van der Waals surface area (Å²) in [5.41, 5.74) is 7.38. The Kier molecular flexibility index (Phi) is 3.95. The van der Waals surface area contributed by atoms with Gasteiger partial charge in [0.25, 0.3) is 0 Å². The van der Waals surface area contributed by atoms with Gasteiger partial charge in [0.05, 0.1) is 0 Å². The number of aromatic nitrogens is 1. The van der Waals surface area contributed by atoms with E-state index in [9.17, 15) is 4.79 Å². The van der Waals surface area contributed by atoms with Crippen molar-refractivity contribution in [2.24, 2.45) is 0 Å². The van der Waals surface area contributed by atoms with E-state index in [0.29, 0.717) is 23.7 Å². The summed E-state index contributed by atoms with van der Waals surface area (Å²) in [7, 11) is 0. The number of pyridine rings is 1. The van der Waals surface area contributed by atoms with Crippen LogP contribution in [0.2, 0.25) is 5.02 Å². The van der Waals surface area contributed by atoms with Gasteiger partial charge in [0.2, 0.25) is 0 Å². The van der Waals surface area contributed by atoms with Gasteiger partial charge in [0.15, 0.2) is 0 Å². The van der Waals surface area contributed by atoms with Gasteiger partial charge in [0.1, 0.15) is 11.6 Å². The first-order chi connectivity index (χ1) is 8.63. The van der Waals surface area contributed by atoms with Gasteiger partial charge >= 0.3 is 0 Å². The molecule has 3 nitrogen and oxygen atoms in total. The minimum Gasteiger partial charge on any atom is -0.384 e. The second-order valence-electron chi connectivity index (χ2n) is 4.11. The fourth-order valence-corrected chi connectivity index (χ4v) is 1.98. The summed E-state index contributed by atoms with van der Waals surface area (Å²) in [6, 6.07) is 10.8. The number of nitrogens with two attached hydrogens (primary N) is 1. The molecule has 0 saturated carbocycles. The van der Waals surface area contributed by atoms with Crippen molar-refractivity contribution in [2.75, 3.05) is 5.73 Å². The van der Waals surface area contributed by atoms with Crippen LogP contribution in [0.5, 0.6) is 0 Å². The second-order valence-corrected chi connectivity index (χ2v) is 4.55. The number of nitrogens with zero attached hydrogens (tertiary/aromatic N) is 1. The van der Waals surface area contributed by atoms with Gasteiger partial charge in [-0.25, -0.2) is 4.98 Å². The molecule has 0 saturated heterocycles. The zero-order valence-electron chi connectivity index (χ0n) is 9.77. The zero-order valence-corrected chi connectivity index (χ0v) is 10.5. The minimum atomic E-state index is 0.128. The minimum absolute atomic E-state index is 0.128. The number of benzene rings is 1. The van der Waals surface area contributed by atoms with Crippen molar-refractivity contribution in [3.8, 4) is 0 Å². The van der Waals surface area contributed by atoms with E-state index in [1.807, 2.05) is 12.1 Å². The topological polar surface area (TPSA) is 56.0 Å². The summed E-state index contributed by atoms with van der Waals surface area (Å²) in [6.07, 6.45) is 2.35. The molecule has 18 heavy (non-hydrogen) atoms. The number of ketones is 1. The fraction of sp³-hybridized carbons (Fsp3) is 0.143. The molecule has 0 aliphatic rings. The van der Waals surface area contributed by atoms with Crippen molar-refractivity contribution >= 4 is 23.2 Å². The SMILES string of the molecule is Nc1cc(CC(=O)Cc2cccc(Cl)c2)ccn1. The third kappa shape index (κ3) is 3.57. The molecule has 0 fully saturated rings. The molecule has 0 radical (unpaired) electrons. The Bertz CT molecular complexity index is 520. The fourth-order valence-electron chi connectivity index (χ4n) is 1.77. The Morgan fingerprint density at radius 1 is 1.17 bits per heavy atom. The van der Waals surface area contributed by atoms with Crippen molar-refractivity contribution in [1.82, 2.24) is 4.98 Å². The van der Waals surface area contributed by atoms with Crippen LogP contribution in [0.25, 0.3) is 0 Å². The Labute approximate surface area is 111 Å². The van der Waals surface area contributed by atoms with Gasteiger partial charge in [0, 0.05) is 24.1 Å². The molecule has 0 atom stereocenters. The van der Waals surface area contributed by atoms with E-state index in [1.165, 1.54) is 0 Å². The highest BCUT2D eigenvalue weighted by Gasteiger charge is 2.06. The number of hydrogen-bond donors (Lipinski definition) is 1. The van der Waals surface area contributed by atoms with E-state index in [1.54, 1.807) is 30.5 Å². The Hall–Kier alpha value is -1.87. The number of anilines is 1. The van der Waals surface area contributed by atoms with Gasteiger partial charge in [-0.15, -0.1) is 0 Å². The molecule has 0 aliphatic carbocycles. The highest BCUT2D eigenvalue weighted by Crippen LogP contribution is 2.12.